The Labute approximate surface area is 211 Å². The summed E-state index contributed by atoms with van der Waals surface area (Å²) in [6, 6.07) is 6.15. The van der Waals surface area contributed by atoms with Crippen LogP contribution in [0.2, 0.25) is 0 Å². The van der Waals surface area contributed by atoms with Gasteiger partial charge in [-0.25, -0.2) is 18.0 Å². The summed E-state index contributed by atoms with van der Waals surface area (Å²) in [5, 5.41) is 0. The van der Waals surface area contributed by atoms with E-state index in [0.29, 0.717) is 6.42 Å². The number of hydrogen-bond donors (Lipinski definition) is 1. The summed E-state index contributed by atoms with van der Waals surface area (Å²) in [7, 11) is -0.881. The molecule has 36 heavy (non-hydrogen) atoms. The van der Waals surface area contributed by atoms with Gasteiger partial charge in [0.25, 0.3) is 16.6 Å². The van der Waals surface area contributed by atoms with Gasteiger partial charge in [0.05, 0.1) is 12.7 Å². The van der Waals surface area contributed by atoms with Gasteiger partial charge in [-0.05, 0) is 62.6 Å². The minimum atomic E-state index is -3.72. The van der Waals surface area contributed by atoms with Crippen molar-refractivity contribution in [2.75, 3.05) is 33.8 Å². The number of nitrogens with one attached hydrogen (secondary N) is 1. The first-order valence-corrected chi connectivity index (χ1v) is 13.7. The molecule has 0 radical (unpaired) electrons. The van der Waals surface area contributed by atoms with Gasteiger partial charge in [-0.1, -0.05) is 12.1 Å². The summed E-state index contributed by atoms with van der Waals surface area (Å²) in [5.41, 5.74) is 0.978. The van der Waals surface area contributed by atoms with Crippen molar-refractivity contribution in [3.8, 4) is 0 Å². The van der Waals surface area contributed by atoms with Crippen LogP contribution in [-0.4, -0.2) is 82.2 Å². The van der Waals surface area contributed by atoms with Crippen LogP contribution in [0, 0.1) is 11.7 Å². The molecule has 2 fully saturated rings. The first-order valence-electron chi connectivity index (χ1n) is 12.3. The fourth-order valence-corrected chi connectivity index (χ4v) is 5.59. The summed E-state index contributed by atoms with van der Waals surface area (Å²) in [6.45, 7) is 1.62. The predicted octanol–water partition coefficient (Wildman–Crippen LogP) is 3.75. The first-order chi connectivity index (χ1) is 17.0. The summed E-state index contributed by atoms with van der Waals surface area (Å²) in [4.78, 5) is 13.7. The van der Waals surface area contributed by atoms with Crippen LogP contribution in [-0.2, 0) is 19.7 Å². The number of alkyl halides is 2. The molecule has 1 aliphatic carbocycles. The van der Waals surface area contributed by atoms with E-state index in [-0.39, 0.29) is 43.5 Å². The number of halogens is 3. The fraction of sp³-hybridized carbons (Fsp3) is 0.708. The van der Waals surface area contributed by atoms with E-state index in [2.05, 4.69) is 4.72 Å². The van der Waals surface area contributed by atoms with Gasteiger partial charge >= 0.3 is 6.09 Å². The number of piperidine rings is 1. The average Bonchev–Trinajstić information content (AvgIpc) is 2.83. The largest absolute Gasteiger partial charge is 0.440 e. The highest BCUT2D eigenvalue weighted by Gasteiger charge is 2.37. The third kappa shape index (κ3) is 7.80. The van der Waals surface area contributed by atoms with E-state index >= 15 is 0 Å². The highest BCUT2D eigenvalue weighted by molar-refractivity contribution is 7.87. The molecule has 0 spiro atoms. The van der Waals surface area contributed by atoms with Crippen molar-refractivity contribution >= 4 is 16.3 Å². The highest BCUT2D eigenvalue weighted by atomic mass is 32.2. The van der Waals surface area contributed by atoms with Gasteiger partial charge in [0, 0.05) is 39.1 Å². The number of rotatable bonds is 9. The number of hydrogen-bond acceptors (Lipinski definition) is 5. The zero-order valence-electron chi connectivity index (χ0n) is 20.9. The Kier molecular flexibility index (Phi) is 10.0. The molecule has 1 saturated carbocycles. The average molecular weight is 536 g/mol. The molecule has 1 N–H and O–H groups in total. The summed E-state index contributed by atoms with van der Waals surface area (Å²) in [5.74, 6) is -0.374. The van der Waals surface area contributed by atoms with Crippen LogP contribution in [0.3, 0.4) is 0 Å². The van der Waals surface area contributed by atoms with Gasteiger partial charge in [0.2, 0.25) is 0 Å². The second-order valence-electron chi connectivity index (χ2n) is 9.79. The molecule has 2 aliphatic rings. The monoisotopic (exact) mass is 535 g/mol. The molecule has 1 aromatic rings. The number of likely N-dealkylation sites (tertiary alicyclic amines) is 1. The first kappa shape index (κ1) is 28.7. The molecule has 0 unspecified atom stereocenters. The van der Waals surface area contributed by atoms with Crippen molar-refractivity contribution in [2.45, 2.75) is 69.6 Å². The number of amides is 1. The third-order valence-corrected chi connectivity index (χ3v) is 8.52. The molecule has 204 valence electrons. The van der Waals surface area contributed by atoms with Crippen LogP contribution in [0.25, 0.3) is 0 Å². The summed E-state index contributed by atoms with van der Waals surface area (Å²) in [6.07, 6.45) is -1.67. The number of nitrogens with zero attached hydrogens (tertiary/aromatic N) is 2. The summed E-state index contributed by atoms with van der Waals surface area (Å²) < 4.78 is 78.9. The van der Waals surface area contributed by atoms with Gasteiger partial charge in [-0.15, -0.1) is 0 Å². The number of ether oxygens (including phenoxy) is 2. The second kappa shape index (κ2) is 12.6. The Morgan fingerprint density at radius 3 is 2.50 bits per heavy atom. The van der Waals surface area contributed by atoms with Crippen molar-refractivity contribution in [1.82, 2.24) is 13.9 Å². The van der Waals surface area contributed by atoms with Gasteiger partial charge in [0.15, 0.2) is 6.10 Å². The van der Waals surface area contributed by atoms with Crippen LogP contribution in [0.15, 0.2) is 24.3 Å². The Hall–Kier alpha value is -1.89. The van der Waals surface area contributed by atoms with E-state index in [1.54, 1.807) is 12.1 Å². The molecule has 12 heteroatoms. The van der Waals surface area contributed by atoms with Gasteiger partial charge in [-0.2, -0.15) is 17.4 Å². The lowest BCUT2D eigenvalue weighted by Gasteiger charge is -2.39. The van der Waals surface area contributed by atoms with Gasteiger partial charge in [-0.3, -0.25) is 0 Å². The van der Waals surface area contributed by atoms with Gasteiger partial charge < -0.3 is 14.4 Å². The SMILES string of the molecule is C[C@@H](OC(=O)N1CC[C@H](NS(=O)(=O)N(C)C)[C@H](CO[C@H]2CC[C@@H](c3cccc(F)c3)CC2)C1)C(F)F. The Morgan fingerprint density at radius 1 is 1.19 bits per heavy atom. The lowest BCUT2D eigenvalue weighted by molar-refractivity contribution is -0.0368. The number of carbonyl (C=O) groups is 1. The smallest absolute Gasteiger partial charge is 0.410 e. The minimum Gasteiger partial charge on any atom is -0.440 e. The lowest BCUT2D eigenvalue weighted by atomic mass is 9.82. The van der Waals surface area contributed by atoms with E-state index in [0.717, 1.165) is 42.5 Å². The van der Waals surface area contributed by atoms with E-state index in [4.69, 9.17) is 9.47 Å². The van der Waals surface area contributed by atoms with Crippen molar-refractivity contribution in [2.24, 2.45) is 5.92 Å². The number of carbonyl (C=O) groups excluding carboxylic acids is 1. The molecule has 1 aromatic carbocycles. The maximum absolute atomic E-state index is 13.6. The third-order valence-electron chi connectivity index (χ3n) is 6.96. The van der Waals surface area contributed by atoms with E-state index in [1.807, 2.05) is 6.07 Å². The molecule has 1 aliphatic heterocycles. The molecular formula is C24H36F3N3O5S. The van der Waals surface area contributed by atoms with Crippen molar-refractivity contribution in [3.05, 3.63) is 35.6 Å². The molecular weight excluding hydrogens is 499 g/mol. The second-order valence-corrected chi connectivity index (χ2v) is 11.7. The van der Waals surface area contributed by atoms with Crippen molar-refractivity contribution in [1.29, 1.82) is 0 Å². The molecule has 8 nitrogen and oxygen atoms in total. The van der Waals surface area contributed by atoms with E-state index in [9.17, 15) is 26.4 Å². The zero-order valence-corrected chi connectivity index (χ0v) is 21.7. The maximum Gasteiger partial charge on any atom is 0.410 e. The number of benzene rings is 1. The molecule has 1 saturated heterocycles. The standard InChI is InChI=1S/C24H36F3N3O5S/c1-16(23(26)27)35-24(31)30-12-11-22(28-36(32,33)29(2)3)19(14-30)15-34-21-9-7-17(8-10-21)18-5-4-6-20(25)13-18/h4-6,13,16-17,19,21-23,28H,7-12,14-15H2,1-3H3/t16-,17-,19+,21+,22+/m1/s1. The molecule has 3 rings (SSSR count). The van der Waals surface area contributed by atoms with E-state index in [1.165, 1.54) is 25.1 Å². The topological polar surface area (TPSA) is 88.2 Å². The highest BCUT2D eigenvalue weighted by Crippen LogP contribution is 2.34. The normalized spacial score (nSPS) is 26.3. The van der Waals surface area contributed by atoms with Crippen molar-refractivity contribution in [3.63, 3.8) is 0 Å². The van der Waals surface area contributed by atoms with Crippen LogP contribution < -0.4 is 4.72 Å². The Balaban J connectivity index is 1.60. The molecule has 1 heterocycles. The summed E-state index contributed by atoms with van der Waals surface area (Å²) >= 11 is 0. The Morgan fingerprint density at radius 2 is 1.89 bits per heavy atom. The molecule has 0 bridgehead atoms. The Bertz CT molecular complexity index is 973. The predicted molar refractivity (Wildman–Crippen MR) is 129 cm³/mol. The van der Waals surface area contributed by atoms with E-state index < -0.39 is 34.9 Å². The fourth-order valence-electron chi connectivity index (χ4n) is 4.69. The lowest BCUT2D eigenvalue weighted by Crippen LogP contribution is -2.55. The van der Waals surface area contributed by atoms with Crippen molar-refractivity contribution < 1.29 is 35.9 Å². The minimum absolute atomic E-state index is 0.0397. The quantitative estimate of drug-likeness (QED) is 0.521. The zero-order chi connectivity index (χ0) is 26.5. The van der Waals surface area contributed by atoms with Gasteiger partial charge in [0.1, 0.15) is 5.82 Å². The van der Waals surface area contributed by atoms with Crippen LogP contribution in [0.1, 0.15) is 50.5 Å². The molecule has 0 aromatic heterocycles. The van der Waals surface area contributed by atoms with Crippen LogP contribution >= 0.6 is 0 Å². The van der Waals surface area contributed by atoms with Crippen LogP contribution in [0.5, 0.6) is 0 Å². The van der Waals surface area contributed by atoms with Crippen LogP contribution in [0.4, 0.5) is 18.0 Å². The molecule has 3 atom stereocenters. The molecule has 1 amide bonds. The maximum atomic E-state index is 13.6.